The lowest BCUT2D eigenvalue weighted by Gasteiger charge is -2.15. The Morgan fingerprint density at radius 2 is 1.69 bits per heavy atom. The van der Waals surface area contributed by atoms with Gasteiger partial charge in [-0.15, -0.1) is 16.2 Å². The van der Waals surface area contributed by atoms with Gasteiger partial charge in [0.05, 0.1) is 17.4 Å². The highest BCUT2D eigenvalue weighted by molar-refractivity contribution is 7.13. The summed E-state index contributed by atoms with van der Waals surface area (Å²) in [5, 5.41) is 9.76. The third-order valence-corrected chi connectivity index (χ3v) is 5.15. The monoisotopic (exact) mass is 409 g/mol. The maximum absolute atomic E-state index is 12.1. The van der Waals surface area contributed by atoms with Crippen molar-refractivity contribution in [2.75, 3.05) is 24.1 Å². The summed E-state index contributed by atoms with van der Waals surface area (Å²) in [5.41, 5.74) is 9.22. The molecule has 150 valence electrons. The van der Waals surface area contributed by atoms with E-state index in [0.29, 0.717) is 30.3 Å². The van der Waals surface area contributed by atoms with Crippen molar-refractivity contribution in [3.63, 3.8) is 0 Å². The molecule has 1 aromatic heterocycles. The number of carbonyl (C=O) groups excluding carboxylic acids is 1. The molecule has 3 aromatic rings. The van der Waals surface area contributed by atoms with Gasteiger partial charge in [0.2, 0.25) is 5.91 Å². The van der Waals surface area contributed by atoms with Gasteiger partial charge >= 0.3 is 0 Å². The van der Waals surface area contributed by atoms with E-state index in [1.165, 1.54) is 16.9 Å². The number of anilines is 2. The molecular formula is C21H23N5O2S. The van der Waals surface area contributed by atoms with E-state index in [1.54, 1.807) is 10.4 Å². The van der Waals surface area contributed by atoms with Crippen LogP contribution in [0, 0.1) is 4.91 Å². The predicted molar refractivity (Wildman–Crippen MR) is 117 cm³/mol. The van der Waals surface area contributed by atoms with E-state index >= 15 is 0 Å². The van der Waals surface area contributed by atoms with Crippen LogP contribution in [-0.4, -0.2) is 29.0 Å². The van der Waals surface area contributed by atoms with Crippen LogP contribution in [-0.2, 0) is 24.1 Å². The van der Waals surface area contributed by atoms with Crippen molar-refractivity contribution in [2.45, 2.75) is 19.3 Å². The molecule has 3 rings (SSSR count). The number of amides is 1. The molecule has 7 nitrogen and oxygen atoms in total. The number of aromatic nitrogens is 1. The maximum atomic E-state index is 12.1. The van der Waals surface area contributed by atoms with E-state index in [1.807, 2.05) is 54.6 Å². The molecule has 0 spiro atoms. The van der Waals surface area contributed by atoms with Gasteiger partial charge in [0.1, 0.15) is 0 Å². The lowest BCUT2D eigenvalue weighted by molar-refractivity contribution is -0.115. The number of nitrogens with zero attached hydrogens (tertiary/aromatic N) is 3. The van der Waals surface area contributed by atoms with Crippen molar-refractivity contribution >= 4 is 28.1 Å². The van der Waals surface area contributed by atoms with Gasteiger partial charge in [-0.25, -0.2) is 4.98 Å². The molecule has 0 aliphatic carbocycles. The van der Waals surface area contributed by atoms with Crippen molar-refractivity contribution in [1.82, 2.24) is 9.99 Å². The Morgan fingerprint density at radius 1 is 1.03 bits per heavy atom. The molecule has 0 bridgehead atoms. The summed E-state index contributed by atoms with van der Waals surface area (Å²) in [6.07, 6.45) is 1.67. The number of nitrogens with two attached hydrogens (primary N) is 1. The van der Waals surface area contributed by atoms with E-state index in [4.69, 9.17) is 5.73 Å². The van der Waals surface area contributed by atoms with Crippen molar-refractivity contribution in [3.05, 3.63) is 81.7 Å². The average Bonchev–Trinajstić information content (AvgIpc) is 3.14. The summed E-state index contributed by atoms with van der Waals surface area (Å²) in [7, 11) is 0. The summed E-state index contributed by atoms with van der Waals surface area (Å²) in [6, 6.07) is 17.6. The SMILES string of the molecule is Nc1nc(CC(=O)Nc2ccc(CCN(CCc3ccccc3)N=O)cc2)cs1. The zero-order valence-corrected chi connectivity index (χ0v) is 16.8. The Kier molecular flexibility index (Phi) is 7.29. The summed E-state index contributed by atoms with van der Waals surface area (Å²) in [6.45, 7) is 1.13. The van der Waals surface area contributed by atoms with E-state index in [9.17, 15) is 9.70 Å². The molecule has 0 aliphatic heterocycles. The molecule has 0 saturated carbocycles. The van der Waals surface area contributed by atoms with Crippen molar-refractivity contribution in [2.24, 2.45) is 5.29 Å². The van der Waals surface area contributed by atoms with Crippen LogP contribution in [0.3, 0.4) is 0 Å². The van der Waals surface area contributed by atoms with Crippen LogP contribution < -0.4 is 11.1 Å². The van der Waals surface area contributed by atoms with Crippen LogP contribution >= 0.6 is 11.3 Å². The second-order valence-electron chi connectivity index (χ2n) is 6.62. The highest BCUT2D eigenvalue weighted by Crippen LogP contribution is 2.14. The lowest BCUT2D eigenvalue weighted by Crippen LogP contribution is -2.22. The fourth-order valence-corrected chi connectivity index (χ4v) is 3.45. The molecule has 0 aliphatic rings. The van der Waals surface area contributed by atoms with E-state index in [2.05, 4.69) is 15.6 Å². The van der Waals surface area contributed by atoms with Crippen LogP contribution in [0.4, 0.5) is 10.8 Å². The van der Waals surface area contributed by atoms with Crippen LogP contribution in [0.25, 0.3) is 0 Å². The first-order valence-electron chi connectivity index (χ1n) is 9.33. The number of nitroso groups, excluding NO2 is 1. The highest BCUT2D eigenvalue weighted by Gasteiger charge is 2.08. The minimum absolute atomic E-state index is 0.139. The molecule has 0 saturated heterocycles. The highest BCUT2D eigenvalue weighted by atomic mass is 32.1. The van der Waals surface area contributed by atoms with Crippen molar-refractivity contribution in [3.8, 4) is 0 Å². The third-order valence-electron chi connectivity index (χ3n) is 4.42. The van der Waals surface area contributed by atoms with Gasteiger partial charge in [-0.05, 0) is 36.1 Å². The Balaban J connectivity index is 1.44. The standard InChI is InChI=1S/C21H23N5O2S/c22-21-24-19(15-29-21)14-20(27)23-18-8-6-17(7-9-18)11-13-26(25-28)12-10-16-4-2-1-3-5-16/h1-9,15H,10-14H2,(H2,22,24)(H,23,27). The number of hydrogen-bond donors (Lipinski definition) is 2. The van der Waals surface area contributed by atoms with Crippen LogP contribution in [0.2, 0.25) is 0 Å². The molecule has 29 heavy (non-hydrogen) atoms. The molecule has 3 N–H and O–H groups in total. The Morgan fingerprint density at radius 3 is 2.28 bits per heavy atom. The molecule has 1 heterocycles. The van der Waals surface area contributed by atoms with Crippen LogP contribution in [0.15, 0.2) is 65.3 Å². The Hall–Kier alpha value is -3.26. The third kappa shape index (κ3) is 6.69. The lowest BCUT2D eigenvalue weighted by atomic mass is 10.1. The second kappa shape index (κ2) is 10.3. The average molecular weight is 410 g/mol. The minimum Gasteiger partial charge on any atom is -0.375 e. The van der Waals surface area contributed by atoms with Gasteiger partial charge in [0.15, 0.2) is 5.13 Å². The van der Waals surface area contributed by atoms with Crippen LogP contribution in [0.5, 0.6) is 0 Å². The maximum Gasteiger partial charge on any atom is 0.230 e. The molecule has 1 amide bonds. The molecule has 0 atom stereocenters. The molecule has 0 fully saturated rings. The number of benzene rings is 2. The first-order valence-corrected chi connectivity index (χ1v) is 10.2. The van der Waals surface area contributed by atoms with Crippen LogP contribution in [0.1, 0.15) is 16.8 Å². The molecular weight excluding hydrogens is 386 g/mol. The number of hydrogen-bond acceptors (Lipinski definition) is 6. The van der Waals surface area contributed by atoms with Gasteiger partial charge in [-0.3, -0.25) is 9.80 Å². The number of rotatable bonds is 10. The van der Waals surface area contributed by atoms with E-state index in [0.717, 1.165) is 17.7 Å². The summed E-state index contributed by atoms with van der Waals surface area (Å²) in [4.78, 5) is 27.3. The van der Waals surface area contributed by atoms with E-state index in [-0.39, 0.29) is 12.3 Å². The molecule has 2 aromatic carbocycles. The van der Waals surface area contributed by atoms with Crippen molar-refractivity contribution < 1.29 is 4.79 Å². The number of carbonyl (C=O) groups is 1. The van der Waals surface area contributed by atoms with Crippen molar-refractivity contribution in [1.29, 1.82) is 0 Å². The normalized spacial score (nSPS) is 10.5. The zero-order chi connectivity index (χ0) is 20.5. The number of nitrogen functional groups attached to an aromatic ring is 1. The van der Waals surface area contributed by atoms with Gasteiger partial charge in [-0.1, -0.05) is 42.5 Å². The molecule has 8 heteroatoms. The van der Waals surface area contributed by atoms with Gasteiger partial charge in [-0.2, -0.15) is 0 Å². The smallest absolute Gasteiger partial charge is 0.230 e. The largest absolute Gasteiger partial charge is 0.375 e. The topological polar surface area (TPSA) is 101 Å². The van der Waals surface area contributed by atoms with Gasteiger partial charge in [0, 0.05) is 24.2 Å². The molecule has 0 unspecified atom stereocenters. The van der Waals surface area contributed by atoms with Gasteiger partial charge in [0.25, 0.3) is 0 Å². The van der Waals surface area contributed by atoms with E-state index < -0.39 is 0 Å². The fourth-order valence-electron chi connectivity index (χ4n) is 2.88. The predicted octanol–water partition coefficient (Wildman–Crippen LogP) is 3.68. The second-order valence-corrected chi connectivity index (χ2v) is 7.51. The quantitative estimate of drug-likeness (QED) is 0.393. The minimum atomic E-state index is -0.139. The summed E-state index contributed by atoms with van der Waals surface area (Å²) < 4.78 is 0. The Labute approximate surface area is 173 Å². The summed E-state index contributed by atoms with van der Waals surface area (Å²) in [5.74, 6) is -0.139. The first-order chi connectivity index (χ1) is 14.1. The Bertz CT molecular complexity index is 928. The summed E-state index contributed by atoms with van der Waals surface area (Å²) >= 11 is 1.32. The first kappa shape index (κ1) is 20.5. The fraction of sp³-hybridized carbons (Fsp3) is 0.238. The zero-order valence-electron chi connectivity index (χ0n) is 16.0. The number of nitrogens with one attached hydrogen (secondary N) is 1. The van der Waals surface area contributed by atoms with Gasteiger partial charge < -0.3 is 11.1 Å². The number of thiazole rings is 1. The molecule has 0 radical (unpaired) electrons.